The number of nitrogens with zero attached hydrogens (tertiary/aromatic N) is 1. The van der Waals surface area contributed by atoms with E-state index in [9.17, 15) is 9.59 Å². The van der Waals surface area contributed by atoms with Crippen molar-refractivity contribution in [3.8, 4) is 0 Å². The van der Waals surface area contributed by atoms with Gasteiger partial charge in [-0.05, 0) is 55.2 Å². The molecule has 0 aromatic heterocycles. The Labute approximate surface area is 152 Å². The van der Waals surface area contributed by atoms with Crippen LogP contribution in [0.4, 0.5) is 5.69 Å². The number of nitrogens with one attached hydrogen (secondary N) is 1. The van der Waals surface area contributed by atoms with Crippen molar-refractivity contribution in [2.75, 3.05) is 18.4 Å². The van der Waals surface area contributed by atoms with Crippen molar-refractivity contribution >= 4 is 29.1 Å². The molecule has 1 aliphatic rings. The number of anilines is 1. The minimum atomic E-state index is -0.260. The zero-order valence-corrected chi connectivity index (χ0v) is 14.9. The largest absolute Gasteiger partial charge is 0.338 e. The average Bonchev–Trinajstić information content (AvgIpc) is 2.62. The highest BCUT2D eigenvalue weighted by Gasteiger charge is 2.24. The van der Waals surface area contributed by atoms with Crippen molar-refractivity contribution in [3.63, 3.8) is 0 Å². The van der Waals surface area contributed by atoms with Gasteiger partial charge in [-0.3, -0.25) is 9.59 Å². The van der Waals surface area contributed by atoms with Crippen LogP contribution in [0.5, 0.6) is 0 Å². The van der Waals surface area contributed by atoms with E-state index < -0.39 is 0 Å². The Hall–Kier alpha value is -2.33. The van der Waals surface area contributed by atoms with Gasteiger partial charge in [-0.1, -0.05) is 30.7 Å². The lowest BCUT2D eigenvalue weighted by Gasteiger charge is -2.31. The van der Waals surface area contributed by atoms with Crippen LogP contribution in [0.2, 0.25) is 5.02 Å². The summed E-state index contributed by atoms with van der Waals surface area (Å²) in [4.78, 5) is 27.2. The summed E-state index contributed by atoms with van der Waals surface area (Å²) >= 11 is 5.86. The third-order valence-electron chi connectivity index (χ3n) is 4.46. The molecule has 1 atom stereocenters. The van der Waals surface area contributed by atoms with Crippen molar-refractivity contribution < 1.29 is 9.59 Å². The first-order valence-electron chi connectivity index (χ1n) is 8.50. The van der Waals surface area contributed by atoms with Crippen LogP contribution in [-0.4, -0.2) is 29.8 Å². The zero-order valence-electron chi connectivity index (χ0n) is 14.2. The van der Waals surface area contributed by atoms with E-state index in [1.807, 2.05) is 17.0 Å². The lowest BCUT2D eigenvalue weighted by molar-refractivity contribution is 0.0684. The molecular formula is C20H21ClN2O2. The van der Waals surface area contributed by atoms with Crippen LogP contribution in [0.15, 0.2) is 48.5 Å². The number of hydrogen-bond acceptors (Lipinski definition) is 2. The Kier molecular flexibility index (Phi) is 5.39. The van der Waals surface area contributed by atoms with Gasteiger partial charge >= 0.3 is 0 Å². The number of carbonyl (C=O) groups excluding carboxylic acids is 2. The fraction of sp³-hybridized carbons (Fsp3) is 0.300. The van der Waals surface area contributed by atoms with E-state index in [0.29, 0.717) is 27.8 Å². The monoisotopic (exact) mass is 356 g/mol. The zero-order chi connectivity index (χ0) is 17.8. The van der Waals surface area contributed by atoms with Gasteiger partial charge in [0.1, 0.15) is 0 Å². The third kappa shape index (κ3) is 4.20. The molecule has 0 unspecified atom stereocenters. The number of likely N-dealkylation sites (tertiary alicyclic amines) is 1. The van der Waals surface area contributed by atoms with E-state index in [2.05, 4.69) is 12.2 Å². The summed E-state index contributed by atoms with van der Waals surface area (Å²) in [5.74, 6) is 0.219. The lowest BCUT2D eigenvalue weighted by Crippen LogP contribution is -2.39. The van der Waals surface area contributed by atoms with E-state index in [4.69, 9.17) is 11.6 Å². The predicted molar refractivity (Wildman–Crippen MR) is 100 cm³/mol. The first kappa shape index (κ1) is 17.5. The lowest BCUT2D eigenvalue weighted by atomic mass is 9.99. The second-order valence-electron chi connectivity index (χ2n) is 6.51. The van der Waals surface area contributed by atoms with Crippen molar-refractivity contribution in [3.05, 3.63) is 64.7 Å². The second kappa shape index (κ2) is 7.70. The first-order valence-corrected chi connectivity index (χ1v) is 8.87. The molecule has 1 N–H and O–H groups in total. The quantitative estimate of drug-likeness (QED) is 0.882. The molecule has 1 heterocycles. The van der Waals surface area contributed by atoms with Gasteiger partial charge in [0, 0.05) is 23.7 Å². The Morgan fingerprint density at radius 2 is 1.84 bits per heavy atom. The molecule has 1 saturated heterocycles. The number of para-hydroxylation sites is 1. The third-order valence-corrected chi connectivity index (χ3v) is 4.71. The smallest absolute Gasteiger partial charge is 0.255 e. The van der Waals surface area contributed by atoms with Crippen LogP contribution >= 0.6 is 11.6 Å². The van der Waals surface area contributed by atoms with Crippen LogP contribution in [0.3, 0.4) is 0 Å². The molecule has 0 saturated carbocycles. The van der Waals surface area contributed by atoms with Gasteiger partial charge in [0.05, 0.1) is 11.3 Å². The van der Waals surface area contributed by atoms with E-state index in [1.165, 1.54) is 0 Å². The summed E-state index contributed by atoms with van der Waals surface area (Å²) in [5, 5.41) is 3.42. The molecule has 0 bridgehead atoms. The van der Waals surface area contributed by atoms with Crippen molar-refractivity contribution in [1.82, 2.24) is 4.90 Å². The number of rotatable bonds is 3. The Morgan fingerprint density at radius 1 is 1.12 bits per heavy atom. The number of carbonyl (C=O) groups is 2. The molecule has 25 heavy (non-hydrogen) atoms. The molecule has 3 rings (SSSR count). The van der Waals surface area contributed by atoms with Crippen LogP contribution < -0.4 is 5.32 Å². The normalized spacial score (nSPS) is 17.2. The number of halogens is 1. The molecule has 0 spiro atoms. The number of amides is 2. The van der Waals surface area contributed by atoms with E-state index in [-0.39, 0.29) is 11.8 Å². The topological polar surface area (TPSA) is 49.4 Å². The Balaban J connectivity index is 1.79. The number of hydrogen-bond donors (Lipinski definition) is 1. The molecule has 2 amide bonds. The number of piperidine rings is 1. The standard InChI is InChI=1S/C20H21ClN2O2/c1-14-5-4-12-23(13-14)20(25)17-6-2-3-7-18(17)22-19(24)15-8-10-16(21)11-9-15/h2-3,6-11,14H,4-5,12-13H2,1H3,(H,22,24)/t14-/m0/s1. The molecule has 0 aliphatic carbocycles. The van der Waals surface area contributed by atoms with Gasteiger partial charge in [-0.15, -0.1) is 0 Å². The molecule has 1 aliphatic heterocycles. The molecular weight excluding hydrogens is 336 g/mol. The fourth-order valence-electron chi connectivity index (χ4n) is 3.12. The average molecular weight is 357 g/mol. The fourth-order valence-corrected chi connectivity index (χ4v) is 3.24. The SMILES string of the molecule is C[C@H]1CCCN(C(=O)c2ccccc2NC(=O)c2ccc(Cl)cc2)C1. The summed E-state index contributed by atoms with van der Waals surface area (Å²) in [6.45, 7) is 3.69. The molecule has 130 valence electrons. The molecule has 2 aromatic rings. The summed E-state index contributed by atoms with van der Waals surface area (Å²) in [7, 11) is 0. The van der Waals surface area contributed by atoms with Crippen molar-refractivity contribution in [1.29, 1.82) is 0 Å². The minimum Gasteiger partial charge on any atom is -0.338 e. The Morgan fingerprint density at radius 3 is 2.56 bits per heavy atom. The molecule has 1 fully saturated rings. The van der Waals surface area contributed by atoms with E-state index in [0.717, 1.165) is 25.9 Å². The highest BCUT2D eigenvalue weighted by atomic mass is 35.5. The maximum atomic E-state index is 12.9. The maximum Gasteiger partial charge on any atom is 0.255 e. The highest BCUT2D eigenvalue weighted by molar-refractivity contribution is 6.30. The van der Waals surface area contributed by atoms with Gasteiger partial charge in [0.25, 0.3) is 11.8 Å². The van der Waals surface area contributed by atoms with E-state index >= 15 is 0 Å². The van der Waals surface area contributed by atoms with E-state index in [1.54, 1.807) is 36.4 Å². The van der Waals surface area contributed by atoms with Gasteiger partial charge < -0.3 is 10.2 Å². The van der Waals surface area contributed by atoms with Gasteiger partial charge in [0.15, 0.2) is 0 Å². The van der Waals surface area contributed by atoms with Crippen LogP contribution in [0.1, 0.15) is 40.5 Å². The Bertz CT molecular complexity index is 774. The molecule has 2 aromatic carbocycles. The van der Waals surface area contributed by atoms with Crippen LogP contribution in [0.25, 0.3) is 0 Å². The molecule has 0 radical (unpaired) electrons. The second-order valence-corrected chi connectivity index (χ2v) is 6.94. The van der Waals surface area contributed by atoms with Crippen molar-refractivity contribution in [2.24, 2.45) is 5.92 Å². The van der Waals surface area contributed by atoms with Crippen LogP contribution in [0, 0.1) is 5.92 Å². The highest BCUT2D eigenvalue weighted by Crippen LogP contribution is 2.22. The van der Waals surface area contributed by atoms with Crippen molar-refractivity contribution in [2.45, 2.75) is 19.8 Å². The van der Waals surface area contributed by atoms with Gasteiger partial charge in [-0.2, -0.15) is 0 Å². The van der Waals surface area contributed by atoms with Gasteiger partial charge in [0.2, 0.25) is 0 Å². The summed E-state index contributed by atoms with van der Waals surface area (Å²) in [6.07, 6.45) is 2.17. The van der Waals surface area contributed by atoms with Gasteiger partial charge in [-0.25, -0.2) is 0 Å². The maximum absolute atomic E-state index is 12.9. The summed E-state index contributed by atoms with van der Waals surface area (Å²) in [6, 6.07) is 13.8. The summed E-state index contributed by atoms with van der Waals surface area (Å²) in [5.41, 5.74) is 1.56. The predicted octanol–water partition coefficient (Wildman–Crippen LogP) is 4.46. The van der Waals surface area contributed by atoms with Crippen LogP contribution in [-0.2, 0) is 0 Å². The molecule has 5 heteroatoms. The first-order chi connectivity index (χ1) is 12.0. The summed E-state index contributed by atoms with van der Waals surface area (Å²) < 4.78 is 0. The molecule has 4 nitrogen and oxygen atoms in total. The number of benzene rings is 2. The minimum absolute atomic E-state index is 0.0291.